The molecule has 3 aromatic heterocycles. The van der Waals surface area contributed by atoms with E-state index in [9.17, 15) is 0 Å². The Labute approximate surface area is 167 Å². The number of benzene rings is 2. The zero-order valence-electron chi connectivity index (χ0n) is 15.7. The first-order chi connectivity index (χ1) is 14.3. The molecule has 0 amide bonds. The number of rotatable bonds is 5. The smallest absolute Gasteiger partial charge is 0.208 e. The van der Waals surface area contributed by atoms with Crippen molar-refractivity contribution >= 4 is 22.7 Å². The molecule has 5 aromatic rings. The number of nitrogens with zero attached hydrogens (tertiary/aromatic N) is 4. The van der Waals surface area contributed by atoms with Crippen molar-refractivity contribution in [2.24, 2.45) is 7.05 Å². The number of fused-ring (bicyclic) bond motifs is 1. The van der Waals surface area contributed by atoms with Gasteiger partial charge in [-0.2, -0.15) is 0 Å². The van der Waals surface area contributed by atoms with Gasteiger partial charge in [0.2, 0.25) is 5.95 Å². The van der Waals surface area contributed by atoms with Crippen LogP contribution in [0.25, 0.3) is 22.6 Å². The zero-order valence-corrected chi connectivity index (χ0v) is 15.7. The molecule has 0 aliphatic heterocycles. The van der Waals surface area contributed by atoms with Gasteiger partial charge in [-0.15, -0.1) is 0 Å². The molecule has 29 heavy (non-hydrogen) atoms. The maximum atomic E-state index is 6.04. The van der Waals surface area contributed by atoms with E-state index in [0.29, 0.717) is 17.3 Å². The van der Waals surface area contributed by atoms with Gasteiger partial charge in [-0.1, -0.05) is 18.2 Å². The first kappa shape index (κ1) is 17.0. The Morgan fingerprint density at radius 1 is 0.931 bits per heavy atom. The van der Waals surface area contributed by atoms with Gasteiger partial charge in [-0.3, -0.25) is 4.98 Å². The van der Waals surface area contributed by atoms with E-state index in [0.717, 1.165) is 28.4 Å². The van der Waals surface area contributed by atoms with Crippen molar-refractivity contribution in [3.63, 3.8) is 0 Å². The van der Waals surface area contributed by atoms with Crippen LogP contribution in [0.5, 0.6) is 11.5 Å². The van der Waals surface area contributed by atoms with E-state index in [1.807, 2.05) is 72.3 Å². The fourth-order valence-corrected chi connectivity index (χ4v) is 3.15. The summed E-state index contributed by atoms with van der Waals surface area (Å²) in [5, 5.41) is 3.35. The van der Waals surface area contributed by atoms with Crippen LogP contribution in [-0.2, 0) is 7.05 Å². The number of ether oxygens (including phenoxy) is 1. The van der Waals surface area contributed by atoms with Crippen molar-refractivity contribution in [1.82, 2.24) is 24.5 Å². The van der Waals surface area contributed by atoms with Gasteiger partial charge in [0.25, 0.3) is 0 Å². The van der Waals surface area contributed by atoms with Gasteiger partial charge < -0.3 is 19.6 Å². The number of aromatic amines is 1. The third kappa shape index (κ3) is 3.41. The summed E-state index contributed by atoms with van der Waals surface area (Å²) in [6.45, 7) is 0. The van der Waals surface area contributed by atoms with E-state index in [4.69, 9.17) is 9.72 Å². The summed E-state index contributed by atoms with van der Waals surface area (Å²) in [5.41, 5.74) is 3.58. The van der Waals surface area contributed by atoms with E-state index in [1.165, 1.54) is 0 Å². The molecule has 0 spiro atoms. The number of hydrogen-bond acceptors (Lipinski definition) is 5. The fraction of sp³-hybridized carbons (Fsp3) is 0.0455. The van der Waals surface area contributed by atoms with Gasteiger partial charge in [-0.05, 0) is 30.3 Å². The van der Waals surface area contributed by atoms with Gasteiger partial charge >= 0.3 is 0 Å². The molecule has 5 rings (SSSR count). The summed E-state index contributed by atoms with van der Waals surface area (Å²) >= 11 is 0. The summed E-state index contributed by atoms with van der Waals surface area (Å²) in [4.78, 5) is 16.3. The van der Waals surface area contributed by atoms with Crippen LogP contribution in [0, 0.1) is 0 Å². The first-order valence-corrected chi connectivity index (χ1v) is 9.18. The molecule has 0 saturated heterocycles. The molecule has 0 aliphatic carbocycles. The summed E-state index contributed by atoms with van der Waals surface area (Å²) in [5.74, 6) is 2.86. The number of para-hydroxylation sites is 1. The summed E-state index contributed by atoms with van der Waals surface area (Å²) in [6, 6.07) is 19.5. The lowest BCUT2D eigenvalue weighted by atomic mass is 10.3. The molecule has 2 aromatic carbocycles. The zero-order chi connectivity index (χ0) is 19.6. The molecule has 0 fully saturated rings. The molecular weight excluding hydrogens is 364 g/mol. The molecule has 0 radical (unpaired) electrons. The monoisotopic (exact) mass is 382 g/mol. The summed E-state index contributed by atoms with van der Waals surface area (Å²) < 4.78 is 8.06. The van der Waals surface area contributed by atoms with Crippen molar-refractivity contribution in [3.8, 4) is 23.0 Å². The normalized spacial score (nSPS) is 10.9. The molecule has 3 heterocycles. The Bertz CT molecular complexity index is 1260. The molecule has 2 N–H and O–H groups in total. The maximum Gasteiger partial charge on any atom is 0.208 e. The number of aryl methyl sites for hydroxylation is 1. The van der Waals surface area contributed by atoms with Crippen molar-refractivity contribution in [2.75, 3.05) is 5.32 Å². The van der Waals surface area contributed by atoms with Crippen LogP contribution in [0.4, 0.5) is 11.6 Å². The molecular formula is C22H18N6O. The molecule has 0 bridgehead atoms. The Morgan fingerprint density at radius 3 is 2.62 bits per heavy atom. The lowest BCUT2D eigenvalue weighted by Gasteiger charge is -2.07. The number of imidazole rings is 2. The largest absolute Gasteiger partial charge is 0.457 e. The summed E-state index contributed by atoms with van der Waals surface area (Å²) in [7, 11) is 1.99. The van der Waals surface area contributed by atoms with E-state index < -0.39 is 0 Å². The van der Waals surface area contributed by atoms with Crippen LogP contribution in [-0.4, -0.2) is 24.5 Å². The van der Waals surface area contributed by atoms with Crippen molar-refractivity contribution in [3.05, 3.63) is 79.3 Å². The third-order valence-corrected chi connectivity index (χ3v) is 4.59. The predicted octanol–water partition coefficient (Wildman–Crippen LogP) is 4.89. The molecule has 0 atom stereocenters. The van der Waals surface area contributed by atoms with Crippen LogP contribution < -0.4 is 10.1 Å². The average Bonchev–Trinajstić information content (AvgIpc) is 3.38. The van der Waals surface area contributed by atoms with E-state index in [1.54, 1.807) is 18.6 Å². The number of pyridine rings is 1. The highest BCUT2D eigenvalue weighted by Crippen LogP contribution is 2.29. The topological polar surface area (TPSA) is 80.7 Å². The standard InChI is InChI=1S/C22H18N6O/c1-28-20-8-7-16(13-18(20)27-22(28)26-15-5-3-2-4-6-15)29-17-9-10-23-19(14-17)21-24-11-12-25-21/h2-14H,1H3,(H,24,25)(H,26,27). The van der Waals surface area contributed by atoms with E-state index in [2.05, 4.69) is 20.3 Å². The van der Waals surface area contributed by atoms with Crippen molar-refractivity contribution in [2.45, 2.75) is 0 Å². The van der Waals surface area contributed by atoms with Crippen LogP contribution in [0.2, 0.25) is 0 Å². The molecule has 0 unspecified atom stereocenters. The minimum absolute atomic E-state index is 0.685. The predicted molar refractivity (Wildman–Crippen MR) is 112 cm³/mol. The highest BCUT2D eigenvalue weighted by Gasteiger charge is 2.10. The van der Waals surface area contributed by atoms with Gasteiger partial charge in [0.15, 0.2) is 5.82 Å². The Hall–Kier alpha value is -4.13. The molecule has 142 valence electrons. The molecule has 7 heteroatoms. The Balaban J connectivity index is 1.42. The van der Waals surface area contributed by atoms with Gasteiger partial charge in [-0.25, -0.2) is 9.97 Å². The second kappa shape index (κ2) is 7.12. The molecule has 0 saturated carbocycles. The first-order valence-electron chi connectivity index (χ1n) is 9.18. The Morgan fingerprint density at radius 2 is 1.79 bits per heavy atom. The number of hydrogen-bond donors (Lipinski definition) is 2. The second-order valence-electron chi connectivity index (χ2n) is 6.55. The minimum Gasteiger partial charge on any atom is -0.457 e. The highest BCUT2D eigenvalue weighted by molar-refractivity contribution is 5.81. The van der Waals surface area contributed by atoms with Crippen molar-refractivity contribution in [1.29, 1.82) is 0 Å². The number of nitrogens with one attached hydrogen (secondary N) is 2. The third-order valence-electron chi connectivity index (χ3n) is 4.59. The highest BCUT2D eigenvalue weighted by atomic mass is 16.5. The lowest BCUT2D eigenvalue weighted by Crippen LogP contribution is -1.98. The molecule has 7 nitrogen and oxygen atoms in total. The maximum absolute atomic E-state index is 6.04. The fourth-order valence-electron chi connectivity index (χ4n) is 3.15. The lowest BCUT2D eigenvalue weighted by molar-refractivity contribution is 0.483. The van der Waals surface area contributed by atoms with Crippen LogP contribution in [0.3, 0.4) is 0 Å². The Kier molecular flexibility index (Phi) is 4.18. The van der Waals surface area contributed by atoms with Gasteiger partial charge in [0.05, 0.1) is 11.0 Å². The minimum atomic E-state index is 0.685. The van der Waals surface area contributed by atoms with Gasteiger partial charge in [0, 0.05) is 43.5 Å². The van der Waals surface area contributed by atoms with Crippen LogP contribution in [0.1, 0.15) is 0 Å². The van der Waals surface area contributed by atoms with Crippen molar-refractivity contribution < 1.29 is 4.74 Å². The van der Waals surface area contributed by atoms with Gasteiger partial charge in [0.1, 0.15) is 17.2 Å². The molecule has 0 aliphatic rings. The number of aromatic nitrogens is 5. The quantitative estimate of drug-likeness (QED) is 0.452. The SMILES string of the molecule is Cn1c(Nc2ccccc2)nc2cc(Oc3ccnc(-c4ncc[nH]4)c3)ccc21. The number of H-pyrrole nitrogens is 1. The van der Waals surface area contributed by atoms with E-state index in [-0.39, 0.29) is 0 Å². The van der Waals surface area contributed by atoms with Crippen LogP contribution >= 0.6 is 0 Å². The van der Waals surface area contributed by atoms with Crippen LogP contribution in [0.15, 0.2) is 79.3 Å². The second-order valence-corrected chi connectivity index (χ2v) is 6.55. The average molecular weight is 382 g/mol. The summed E-state index contributed by atoms with van der Waals surface area (Å²) in [6.07, 6.45) is 5.16. The number of anilines is 2. The van der Waals surface area contributed by atoms with E-state index >= 15 is 0 Å².